The van der Waals surface area contributed by atoms with Gasteiger partial charge in [-0.2, -0.15) is 5.10 Å². The van der Waals surface area contributed by atoms with Gasteiger partial charge in [-0.1, -0.05) is 60.7 Å². The maximum atomic E-state index is 5.44. The molecule has 0 saturated carbocycles. The van der Waals surface area contributed by atoms with Crippen molar-refractivity contribution in [1.82, 2.24) is 0 Å². The lowest BCUT2D eigenvalue weighted by molar-refractivity contribution is 0.324. The minimum absolute atomic E-state index is 0.546. The van der Waals surface area contributed by atoms with Gasteiger partial charge in [-0.3, -0.25) is 0 Å². The van der Waals surface area contributed by atoms with E-state index in [2.05, 4.69) is 10.2 Å². The van der Waals surface area contributed by atoms with Gasteiger partial charge in [0.1, 0.15) is 5.71 Å². The van der Waals surface area contributed by atoms with Gasteiger partial charge >= 0.3 is 0 Å². The van der Waals surface area contributed by atoms with Crippen LogP contribution < -0.4 is 14.2 Å². The summed E-state index contributed by atoms with van der Waals surface area (Å²) >= 11 is 0. The fourth-order valence-electron chi connectivity index (χ4n) is 2.95. The average Bonchev–Trinajstić information content (AvgIpc) is 2.79. The molecule has 3 aromatic carbocycles. The number of nitrogens with zero attached hydrogens (tertiary/aromatic N) is 2. The van der Waals surface area contributed by atoms with E-state index in [0.717, 1.165) is 28.1 Å². The molecule has 0 spiro atoms. The third kappa shape index (κ3) is 4.63. The molecule has 5 nitrogen and oxygen atoms in total. The van der Waals surface area contributed by atoms with E-state index < -0.39 is 0 Å². The van der Waals surface area contributed by atoms with Crippen LogP contribution in [0.1, 0.15) is 23.6 Å². The van der Waals surface area contributed by atoms with Crippen LogP contribution in [-0.2, 0) is 0 Å². The molecular formula is C24H24N2O3. The number of hydrogen-bond donors (Lipinski definition) is 0. The van der Waals surface area contributed by atoms with Gasteiger partial charge in [0.05, 0.1) is 27.0 Å². The van der Waals surface area contributed by atoms with E-state index in [9.17, 15) is 0 Å². The largest absolute Gasteiger partial charge is 0.493 e. The first-order chi connectivity index (χ1) is 14.2. The van der Waals surface area contributed by atoms with Gasteiger partial charge in [0.15, 0.2) is 11.5 Å². The highest BCUT2D eigenvalue weighted by atomic mass is 16.5. The van der Waals surface area contributed by atoms with Crippen molar-refractivity contribution in [2.24, 2.45) is 10.2 Å². The normalized spacial score (nSPS) is 11.0. The molecule has 3 rings (SSSR count). The van der Waals surface area contributed by atoms with Crippen molar-refractivity contribution in [2.75, 3.05) is 21.3 Å². The highest BCUT2D eigenvalue weighted by Gasteiger charge is 2.14. The van der Waals surface area contributed by atoms with Crippen LogP contribution >= 0.6 is 0 Å². The lowest BCUT2D eigenvalue weighted by Gasteiger charge is -2.13. The van der Waals surface area contributed by atoms with Crippen LogP contribution in [0.15, 0.2) is 83.0 Å². The summed E-state index contributed by atoms with van der Waals surface area (Å²) < 4.78 is 16.3. The summed E-state index contributed by atoms with van der Waals surface area (Å²) in [4.78, 5) is 0. The van der Waals surface area contributed by atoms with Gasteiger partial charge in [0, 0.05) is 16.7 Å². The van der Waals surface area contributed by atoms with Crippen LogP contribution in [0.5, 0.6) is 17.2 Å². The van der Waals surface area contributed by atoms with Gasteiger partial charge in [0.25, 0.3) is 0 Å². The van der Waals surface area contributed by atoms with Gasteiger partial charge < -0.3 is 14.2 Å². The van der Waals surface area contributed by atoms with E-state index >= 15 is 0 Å². The van der Waals surface area contributed by atoms with Crippen LogP contribution in [0.2, 0.25) is 0 Å². The Labute approximate surface area is 171 Å². The van der Waals surface area contributed by atoms with Crippen molar-refractivity contribution in [3.05, 3.63) is 89.5 Å². The lowest BCUT2D eigenvalue weighted by Crippen LogP contribution is -2.04. The summed E-state index contributed by atoms with van der Waals surface area (Å²) in [5.74, 6) is 1.70. The zero-order valence-electron chi connectivity index (χ0n) is 17.0. The molecule has 0 amide bonds. The minimum Gasteiger partial charge on any atom is -0.493 e. The Balaban J connectivity index is 2.06. The number of ether oxygens (including phenoxy) is 3. The van der Waals surface area contributed by atoms with E-state index in [0.29, 0.717) is 17.2 Å². The maximum absolute atomic E-state index is 5.44. The van der Waals surface area contributed by atoms with E-state index in [1.807, 2.05) is 79.7 Å². The molecule has 0 bridgehead atoms. The standard InChI is InChI=1S/C24H24N2O3/c1-17(20-15-21(27-2)24(29-4)22(16-20)28-3)25-26-23(18-11-7-5-8-12-18)19-13-9-6-10-14-19/h5-16H,1-4H3/b25-17-. The molecule has 0 radical (unpaired) electrons. The predicted molar refractivity (Wildman–Crippen MR) is 117 cm³/mol. The van der Waals surface area contributed by atoms with Crippen molar-refractivity contribution in [2.45, 2.75) is 6.92 Å². The Kier molecular flexibility index (Phi) is 6.63. The highest BCUT2D eigenvalue weighted by molar-refractivity contribution is 6.13. The van der Waals surface area contributed by atoms with Gasteiger partial charge in [0.2, 0.25) is 5.75 Å². The molecule has 0 saturated heterocycles. The molecule has 148 valence electrons. The van der Waals surface area contributed by atoms with E-state index in [4.69, 9.17) is 14.2 Å². The Hall–Kier alpha value is -3.60. The monoisotopic (exact) mass is 388 g/mol. The molecule has 0 unspecified atom stereocenters. The molecule has 29 heavy (non-hydrogen) atoms. The summed E-state index contributed by atoms with van der Waals surface area (Å²) in [5.41, 5.74) is 4.37. The highest BCUT2D eigenvalue weighted by Crippen LogP contribution is 2.38. The molecule has 0 N–H and O–H groups in total. The van der Waals surface area contributed by atoms with Crippen molar-refractivity contribution in [3.8, 4) is 17.2 Å². The third-order valence-electron chi connectivity index (χ3n) is 4.48. The fraction of sp³-hybridized carbons (Fsp3) is 0.167. The molecule has 0 atom stereocenters. The number of rotatable bonds is 7. The number of hydrogen-bond acceptors (Lipinski definition) is 5. The smallest absolute Gasteiger partial charge is 0.203 e. The molecule has 0 aliphatic carbocycles. The second-order valence-corrected chi connectivity index (χ2v) is 6.28. The first-order valence-corrected chi connectivity index (χ1v) is 9.21. The van der Waals surface area contributed by atoms with Gasteiger partial charge in [-0.25, -0.2) is 0 Å². The summed E-state index contributed by atoms with van der Waals surface area (Å²) in [7, 11) is 4.76. The van der Waals surface area contributed by atoms with Crippen molar-refractivity contribution in [1.29, 1.82) is 0 Å². The Morgan fingerprint density at radius 2 is 1.10 bits per heavy atom. The zero-order valence-corrected chi connectivity index (χ0v) is 17.0. The SMILES string of the molecule is COc1cc(/C(C)=N\N=C(c2ccccc2)c2ccccc2)cc(OC)c1OC. The van der Waals surface area contributed by atoms with Crippen molar-refractivity contribution >= 4 is 11.4 Å². The van der Waals surface area contributed by atoms with Gasteiger partial charge in [-0.15, -0.1) is 5.10 Å². The molecule has 0 heterocycles. The van der Waals surface area contributed by atoms with Crippen LogP contribution in [0.4, 0.5) is 0 Å². The predicted octanol–water partition coefficient (Wildman–Crippen LogP) is 4.97. The molecule has 0 aromatic heterocycles. The Morgan fingerprint density at radius 3 is 1.52 bits per heavy atom. The average molecular weight is 388 g/mol. The summed E-state index contributed by atoms with van der Waals surface area (Å²) in [6.45, 7) is 1.90. The van der Waals surface area contributed by atoms with Gasteiger partial charge in [-0.05, 0) is 19.1 Å². The van der Waals surface area contributed by atoms with E-state index in [1.54, 1.807) is 21.3 Å². The second kappa shape index (κ2) is 9.55. The minimum atomic E-state index is 0.546. The van der Waals surface area contributed by atoms with Crippen LogP contribution in [0, 0.1) is 0 Å². The lowest BCUT2D eigenvalue weighted by atomic mass is 10.0. The molecule has 5 heteroatoms. The third-order valence-corrected chi connectivity index (χ3v) is 4.48. The summed E-state index contributed by atoms with van der Waals surface area (Å²) in [6, 6.07) is 23.7. The van der Waals surface area contributed by atoms with Crippen LogP contribution in [0.3, 0.4) is 0 Å². The molecule has 0 aliphatic rings. The summed E-state index contributed by atoms with van der Waals surface area (Å²) in [5, 5.41) is 9.09. The van der Waals surface area contributed by atoms with Crippen molar-refractivity contribution < 1.29 is 14.2 Å². The van der Waals surface area contributed by atoms with Crippen molar-refractivity contribution in [3.63, 3.8) is 0 Å². The molecule has 3 aromatic rings. The van der Waals surface area contributed by atoms with E-state index in [1.165, 1.54) is 0 Å². The van der Waals surface area contributed by atoms with E-state index in [-0.39, 0.29) is 0 Å². The van der Waals surface area contributed by atoms with Crippen LogP contribution in [0.25, 0.3) is 0 Å². The van der Waals surface area contributed by atoms with Crippen LogP contribution in [-0.4, -0.2) is 32.8 Å². The maximum Gasteiger partial charge on any atom is 0.203 e. The molecule has 0 fully saturated rings. The number of methoxy groups -OCH3 is 3. The number of benzene rings is 3. The molecular weight excluding hydrogens is 364 g/mol. The Morgan fingerprint density at radius 1 is 0.621 bits per heavy atom. The topological polar surface area (TPSA) is 52.4 Å². The Bertz CT molecular complexity index is 946. The fourth-order valence-corrected chi connectivity index (χ4v) is 2.95. The zero-order chi connectivity index (χ0) is 20.6. The molecule has 0 aliphatic heterocycles. The summed E-state index contributed by atoms with van der Waals surface area (Å²) in [6.07, 6.45) is 0. The second-order valence-electron chi connectivity index (χ2n) is 6.28. The first kappa shape index (κ1) is 20.1. The quantitative estimate of drug-likeness (QED) is 0.424. The first-order valence-electron chi connectivity index (χ1n) is 9.21.